The molecular weight excluding hydrogens is 279 g/mol. The van der Waals surface area contributed by atoms with Crippen LogP contribution in [0.25, 0.3) is 0 Å². The molecule has 2 rings (SSSR count). The minimum absolute atomic E-state index is 0.501. The summed E-state index contributed by atoms with van der Waals surface area (Å²) in [6, 6.07) is 0.501. The monoisotopic (exact) mass is 290 g/mol. The fourth-order valence-electron chi connectivity index (χ4n) is 1.10. The van der Waals surface area contributed by atoms with E-state index in [4.69, 9.17) is 4.74 Å². The second-order valence-corrected chi connectivity index (χ2v) is 4.51. The summed E-state index contributed by atoms with van der Waals surface area (Å²) in [5.41, 5.74) is 0. The molecule has 0 aromatic carbocycles. The third-order valence-electron chi connectivity index (χ3n) is 2.05. The summed E-state index contributed by atoms with van der Waals surface area (Å²) in [6.07, 6.45) is 7.42. The van der Waals surface area contributed by atoms with E-state index in [1.54, 1.807) is 12.4 Å². The molecule has 0 amide bonds. The maximum Gasteiger partial charge on any atom is 0.316 e. The fraction of sp³-hybridized carbons (Fsp3) is 0.556. The molecule has 0 unspecified atom stereocenters. The summed E-state index contributed by atoms with van der Waals surface area (Å²) >= 11 is 2.17. The first-order chi connectivity index (χ1) is 6.34. The molecule has 1 aliphatic carbocycles. The molecule has 1 aromatic heterocycles. The van der Waals surface area contributed by atoms with Crippen LogP contribution in [0.3, 0.4) is 0 Å². The van der Waals surface area contributed by atoms with Crippen LogP contribution >= 0.6 is 22.6 Å². The summed E-state index contributed by atoms with van der Waals surface area (Å²) in [5, 5.41) is 0. The molecule has 70 valence electrons. The van der Waals surface area contributed by atoms with Gasteiger partial charge in [0.25, 0.3) is 0 Å². The van der Waals surface area contributed by atoms with E-state index in [0.29, 0.717) is 6.01 Å². The number of rotatable bonds is 4. The Morgan fingerprint density at radius 3 is 2.69 bits per heavy atom. The van der Waals surface area contributed by atoms with Gasteiger partial charge in [-0.3, -0.25) is 0 Å². The van der Waals surface area contributed by atoms with Crippen molar-refractivity contribution in [2.45, 2.75) is 19.3 Å². The Labute approximate surface area is 91.1 Å². The van der Waals surface area contributed by atoms with Gasteiger partial charge in [0.2, 0.25) is 0 Å². The maximum atomic E-state index is 5.39. The minimum atomic E-state index is 0.501. The highest BCUT2D eigenvalue weighted by atomic mass is 127. The molecule has 1 aromatic rings. The molecule has 1 aliphatic rings. The zero-order valence-corrected chi connectivity index (χ0v) is 9.40. The van der Waals surface area contributed by atoms with Crippen LogP contribution in [0, 0.1) is 9.49 Å². The number of halogens is 1. The van der Waals surface area contributed by atoms with Gasteiger partial charge in [0, 0.05) is 16.0 Å². The van der Waals surface area contributed by atoms with Crippen molar-refractivity contribution in [1.82, 2.24) is 9.97 Å². The average Bonchev–Trinajstić information content (AvgIpc) is 2.92. The lowest BCUT2D eigenvalue weighted by molar-refractivity contribution is 0.279. The Hall–Kier alpha value is -0.390. The third kappa shape index (κ3) is 3.10. The number of nitrogens with zero attached hydrogens (tertiary/aromatic N) is 2. The lowest BCUT2D eigenvalue weighted by Crippen LogP contribution is -2.01. The zero-order chi connectivity index (χ0) is 9.10. The standard InChI is InChI=1S/C9H11IN2O/c10-8-5-11-9(12-6-8)13-4-3-7-1-2-7/h5-7H,1-4H2. The molecule has 0 N–H and O–H groups in total. The van der Waals surface area contributed by atoms with Crippen LogP contribution in [0.15, 0.2) is 12.4 Å². The van der Waals surface area contributed by atoms with E-state index in [9.17, 15) is 0 Å². The predicted octanol–water partition coefficient (Wildman–Crippen LogP) is 2.26. The van der Waals surface area contributed by atoms with Gasteiger partial charge in [-0.05, 0) is 34.9 Å². The first-order valence-corrected chi connectivity index (χ1v) is 5.53. The average molecular weight is 290 g/mol. The topological polar surface area (TPSA) is 35.0 Å². The van der Waals surface area contributed by atoms with Gasteiger partial charge in [-0.25, -0.2) is 9.97 Å². The van der Waals surface area contributed by atoms with Crippen molar-refractivity contribution < 1.29 is 4.74 Å². The molecular formula is C9H11IN2O. The van der Waals surface area contributed by atoms with Crippen LogP contribution in [-0.4, -0.2) is 16.6 Å². The molecule has 0 spiro atoms. The highest BCUT2D eigenvalue weighted by Crippen LogP contribution is 2.32. The van der Waals surface area contributed by atoms with E-state index in [1.807, 2.05) is 0 Å². The van der Waals surface area contributed by atoms with Crippen molar-refractivity contribution >= 4 is 22.6 Å². The van der Waals surface area contributed by atoms with Crippen LogP contribution in [0.2, 0.25) is 0 Å². The summed E-state index contributed by atoms with van der Waals surface area (Å²) in [5.74, 6) is 0.906. The fourth-order valence-corrected chi connectivity index (χ4v) is 1.38. The van der Waals surface area contributed by atoms with Crippen molar-refractivity contribution in [3.63, 3.8) is 0 Å². The van der Waals surface area contributed by atoms with Crippen molar-refractivity contribution in [2.24, 2.45) is 5.92 Å². The summed E-state index contributed by atoms with van der Waals surface area (Å²) in [4.78, 5) is 8.11. The molecule has 1 heterocycles. The van der Waals surface area contributed by atoms with Crippen LogP contribution in [0.5, 0.6) is 6.01 Å². The number of hydrogen-bond acceptors (Lipinski definition) is 3. The predicted molar refractivity (Wildman–Crippen MR) is 57.6 cm³/mol. The Morgan fingerprint density at radius 2 is 2.08 bits per heavy atom. The van der Waals surface area contributed by atoms with Crippen LogP contribution in [0.1, 0.15) is 19.3 Å². The lowest BCUT2D eigenvalue weighted by Gasteiger charge is -2.02. The first kappa shape index (κ1) is 9.18. The maximum absolute atomic E-state index is 5.39. The molecule has 0 radical (unpaired) electrons. The van der Waals surface area contributed by atoms with E-state index in [0.717, 1.165) is 22.5 Å². The molecule has 0 bridgehead atoms. The highest BCUT2D eigenvalue weighted by Gasteiger charge is 2.20. The van der Waals surface area contributed by atoms with Gasteiger partial charge in [-0.2, -0.15) is 0 Å². The summed E-state index contributed by atoms with van der Waals surface area (Å²) in [6.45, 7) is 0.755. The number of aromatic nitrogens is 2. The zero-order valence-electron chi connectivity index (χ0n) is 7.24. The van der Waals surface area contributed by atoms with E-state index >= 15 is 0 Å². The second kappa shape index (κ2) is 4.21. The minimum Gasteiger partial charge on any atom is -0.463 e. The molecule has 4 heteroatoms. The van der Waals surface area contributed by atoms with Gasteiger partial charge in [0.1, 0.15) is 0 Å². The van der Waals surface area contributed by atoms with Crippen molar-refractivity contribution in [3.05, 3.63) is 16.0 Å². The molecule has 13 heavy (non-hydrogen) atoms. The molecule has 1 saturated carbocycles. The second-order valence-electron chi connectivity index (χ2n) is 3.26. The normalized spacial score (nSPS) is 15.8. The highest BCUT2D eigenvalue weighted by molar-refractivity contribution is 14.1. The largest absolute Gasteiger partial charge is 0.463 e. The van der Waals surface area contributed by atoms with E-state index in [-0.39, 0.29) is 0 Å². The first-order valence-electron chi connectivity index (χ1n) is 4.45. The van der Waals surface area contributed by atoms with Gasteiger partial charge < -0.3 is 4.74 Å². The Bertz CT molecular complexity index is 271. The molecule has 0 atom stereocenters. The van der Waals surface area contributed by atoms with Crippen LogP contribution < -0.4 is 4.74 Å². The van der Waals surface area contributed by atoms with E-state index < -0.39 is 0 Å². The third-order valence-corrected chi connectivity index (χ3v) is 2.61. The summed E-state index contributed by atoms with van der Waals surface area (Å²) < 4.78 is 6.42. The van der Waals surface area contributed by atoms with Gasteiger partial charge in [0.15, 0.2) is 0 Å². The van der Waals surface area contributed by atoms with Crippen molar-refractivity contribution in [2.75, 3.05) is 6.61 Å². The van der Waals surface area contributed by atoms with E-state index in [2.05, 4.69) is 32.6 Å². The number of ether oxygens (including phenoxy) is 1. The molecule has 3 nitrogen and oxygen atoms in total. The SMILES string of the molecule is Ic1cnc(OCCC2CC2)nc1. The Kier molecular flexibility index (Phi) is 2.97. The van der Waals surface area contributed by atoms with Gasteiger partial charge in [-0.15, -0.1) is 0 Å². The molecule has 0 saturated heterocycles. The van der Waals surface area contributed by atoms with Crippen LogP contribution in [0.4, 0.5) is 0 Å². The lowest BCUT2D eigenvalue weighted by atomic mass is 10.3. The van der Waals surface area contributed by atoms with Gasteiger partial charge in [-0.1, -0.05) is 12.8 Å². The van der Waals surface area contributed by atoms with Gasteiger partial charge >= 0.3 is 6.01 Å². The molecule has 1 fully saturated rings. The summed E-state index contributed by atoms with van der Waals surface area (Å²) in [7, 11) is 0. The van der Waals surface area contributed by atoms with Crippen molar-refractivity contribution in [1.29, 1.82) is 0 Å². The smallest absolute Gasteiger partial charge is 0.316 e. The Balaban J connectivity index is 1.76. The van der Waals surface area contributed by atoms with Crippen LogP contribution in [-0.2, 0) is 0 Å². The number of hydrogen-bond donors (Lipinski definition) is 0. The Morgan fingerprint density at radius 1 is 1.38 bits per heavy atom. The van der Waals surface area contributed by atoms with Crippen molar-refractivity contribution in [3.8, 4) is 6.01 Å². The van der Waals surface area contributed by atoms with Gasteiger partial charge in [0.05, 0.1) is 6.61 Å². The van der Waals surface area contributed by atoms with E-state index in [1.165, 1.54) is 12.8 Å². The quantitative estimate of drug-likeness (QED) is 0.798. The molecule has 0 aliphatic heterocycles.